The van der Waals surface area contributed by atoms with E-state index in [1.807, 2.05) is 12.1 Å². The first-order valence-corrected chi connectivity index (χ1v) is 7.57. The van der Waals surface area contributed by atoms with Crippen molar-refractivity contribution in [2.75, 3.05) is 0 Å². The van der Waals surface area contributed by atoms with Gasteiger partial charge in [-0.25, -0.2) is 4.98 Å². The number of nitrogens with zero attached hydrogens (tertiary/aromatic N) is 1. The summed E-state index contributed by atoms with van der Waals surface area (Å²) in [6.07, 6.45) is 0.884. The van der Waals surface area contributed by atoms with Gasteiger partial charge in [-0.05, 0) is 53.0 Å². The van der Waals surface area contributed by atoms with Gasteiger partial charge in [-0.3, -0.25) is 0 Å². The molecule has 0 unspecified atom stereocenters. The summed E-state index contributed by atoms with van der Waals surface area (Å²) in [4.78, 5) is 7.78. The van der Waals surface area contributed by atoms with Gasteiger partial charge in [0.2, 0.25) is 0 Å². The molecule has 0 spiro atoms. The maximum atomic E-state index is 5.28. The molecule has 1 heterocycles. The van der Waals surface area contributed by atoms with Gasteiger partial charge in [0.1, 0.15) is 10.5 Å². The Balaban J connectivity index is 2.64. The lowest BCUT2D eigenvalue weighted by Crippen LogP contribution is -1.98. The monoisotopic (exact) mass is 386 g/mol. The molecule has 0 fully saturated rings. The zero-order chi connectivity index (χ0) is 13.3. The Morgan fingerprint density at radius 3 is 2.67 bits per heavy atom. The summed E-state index contributed by atoms with van der Waals surface area (Å²) in [5.41, 5.74) is 3.31. The summed E-state index contributed by atoms with van der Waals surface area (Å²) in [6.45, 7) is 4.15. The van der Waals surface area contributed by atoms with Crippen molar-refractivity contribution >= 4 is 44.1 Å². The molecule has 0 aliphatic heterocycles. The average Bonchev–Trinajstić information content (AvgIpc) is 2.32. The highest BCUT2D eigenvalue weighted by Crippen LogP contribution is 2.26. The van der Waals surface area contributed by atoms with Gasteiger partial charge in [-0.1, -0.05) is 35.1 Å². The normalized spacial score (nSPS) is 10.7. The lowest BCUT2D eigenvalue weighted by molar-refractivity contribution is 0.982. The third kappa shape index (κ3) is 2.73. The molecule has 18 heavy (non-hydrogen) atoms. The van der Waals surface area contributed by atoms with Gasteiger partial charge in [0.15, 0.2) is 0 Å². The Bertz CT molecular complexity index is 650. The Morgan fingerprint density at radius 2 is 2.06 bits per heavy atom. The highest BCUT2D eigenvalue weighted by Gasteiger charge is 2.09. The smallest absolute Gasteiger partial charge is 0.144 e. The van der Waals surface area contributed by atoms with Crippen molar-refractivity contribution in [2.24, 2.45) is 0 Å². The zero-order valence-corrected chi connectivity index (χ0v) is 14.0. The lowest BCUT2D eigenvalue weighted by atomic mass is 10.1. The second-order valence-corrected chi connectivity index (χ2v) is 6.09. The van der Waals surface area contributed by atoms with E-state index >= 15 is 0 Å². The molecular formula is C13H12Br2N2S. The van der Waals surface area contributed by atoms with E-state index in [9.17, 15) is 0 Å². The van der Waals surface area contributed by atoms with Crippen LogP contribution in [0.1, 0.15) is 18.2 Å². The molecule has 5 heteroatoms. The van der Waals surface area contributed by atoms with Crippen molar-refractivity contribution in [2.45, 2.75) is 20.3 Å². The number of aromatic nitrogens is 2. The van der Waals surface area contributed by atoms with Crippen molar-refractivity contribution < 1.29 is 0 Å². The van der Waals surface area contributed by atoms with Crippen LogP contribution in [0.2, 0.25) is 0 Å². The minimum Gasteiger partial charge on any atom is -0.342 e. The number of benzene rings is 1. The maximum Gasteiger partial charge on any atom is 0.144 e. The van der Waals surface area contributed by atoms with Crippen molar-refractivity contribution in [3.05, 3.63) is 43.0 Å². The van der Waals surface area contributed by atoms with Crippen LogP contribution in [-0.4, -0.2) is 9.97 Å². The summed E-state index contributed by atoms with van der Waals surface area (Å²) in [6, 6.07) is 6.12. The number of halogens is 2. The number of aryl methyl sites for hydroxylation is 2. The van der Waals surface area contributed by atoms with E-state index < -0.39 is 0 Å². The van der Waals surface area contributed by atoms with Gasteiger partial charge in [-0.2, -0.15) is 0 Å². The first-order valence-electron chi connectivity index (χ1n) is 5.58. The van der Waals surface area contributed by atoms with Crippen molar-refractivity contribution in [3.8, 4) is 11.4 Å². The second-order valence-electron chi connectivity index (χ2n) is 4.00. The number of hydrogen-bond donors (Lipinski definition) is 1. The molecule has 0 atom stereocenters. The molecule has 0 saturated carbocycles. The van der Waals surface area contributed by atoms with Crippen LogP contribution in [0.25, 0.3) is 11.4 Å². The fourth-order valence-electron chi connectivity index (χ4n) is 1.77. The molecule has 0 aliphatic carbocycles. The molecular weight excluding hydrogens is 376 g/mol. The summed E-state index contributed by atoms with van der Waals surface area (Å²) < 4.78 is 2.55. The van der Waals surface area contributed by atoms with E-state index in [1.54, 1.807) is 0 Å². The van der Waals surface area contributed by atoms with Crippen molar-refractivity contribution in [1.82, 2.24) is 9.97 Å². The summed E-state index contributed by atoms with van der Waals surface area (Å²) >= 11 is 12.2. The number of hydrogen-bond acceptors (Lipinski definition) is 2. The first-order chi connectivity index (χ1) is 8.52. The number of H-pyrrole nitrogens is 1. The molecule has 0 aliphatic rings. The van der Waals surface area contributed by atoms with Gasteiger partial charge in [0, 0.05) is 15.7 Å². The van der Waals surface area contributed by atoms with Crippen LogP contribution in [0.15, 0.2) is 27.1 Å². The van der Waals surface area contributed by atoms with Crippen molar-refractivity contribution in [1.29, 1.82) is 0 Å². The highest BCUT2D eigenvalue weighted by atomic mass is 79.9. The van der Waals surface area contributed by atoms with Gasteiger partial charge in [0.25, 0.3) is 0 Å². The fourth-order valence-corrected chi connectivity index (χ4v) is 2.93. The second kappa shape index (κ2) is 5.63. The van der Waals surface area contributed by atoms with Crippen LogP contribution >= 0.6 is 44.1 Å². The topological polar surface area (TPSA) is 28.7 Å². The maximum absolute atomic E-state index is 5.28. The van der Waals surface area contributed by atoms with Crippen LogP contribution in [0.5, 0.6) is 0 Å². The predicted molar refractivity (Wildman–Crippen MR) is 84.4 cm³/mol. The Labute approximate surface area is 128 Å². The van der Waals surface area contributed by atoms with E-state index in [-0.39, 0.29) is 0 Å². The van der Waals surface area contributed by atoms with Crippen molar-refractivity contribution in [3.63, 3.8) is 0 Å². The average molecular weight is 388 g/mol. The van der Waals surface area contributed by atoms with E-state index in [2.05, 4.69) is 61.7 Å². The minimum atomic E-state index is 0.600. The molecule has 0 radical (unpaired) electrons. The third-order valence-corrected chi connectivity index (χ3v) is 4.64. The quantitative estimate of drug-likeness (QED) is 0.717. The van der Waals surface area contributed by atoms with E-state index in [0.717, 1.165) is 38.0 Å². The fraction of sp³-hybridized carbons (Fsp3) is 0.231. The first kappa shape index (κ1) is 13.9. The standard InChI is InChI=1S/C13H12Br2N2S/c1-3-10-11(15)13(18)17-12(16-10)9-5-4-8(14)6-7(9)2/h4-6H,3H2,1-2H3,(H,16,17,18). The summed E-state index contributed by atoms with van der Waals surface area (Å²) in [5.74, 6) is 0.824. The third-order valence-electron chi connectivity index (χ3n) is 2.73. The van der Waals surface area contributed by atoms with Crippen LogP contribution in [0.4, 0.5) is 0 Å². The van der Waals surface area contributed by atoms with E-state index in [4.69, 9.17) is 12.2 Å². The zero-order valence-electron chi connectivity index (χ0n) is 10.1. The van der Waals surface area contributed by atoms with Gasteiger partial charge >= 0.3 is 0 Å². The summed E-state index contributed by atoms with van der Waals surface area (Å²) in [5, 5.41) is 0. The van der Waals surface area contributed by atoms with Crippen LogP contribution in [0.3, 0.4) is 0 Å². The molecule has 0 bridgehead atoms. The molecule has 2 aromatic rings. The number of rotatable bonds is 2. The van der Waals surface area contributed by atoms with Crippen LogP contribution in [0, 0.1) is 11.6 Å². The minimum absolute atomic E-state index is 0.600. The molecule has 1 aromatic carbocycles. The van der Waals surface area contributed by atoms with E-state index in [0.29, 0.717) is 4.64 Å². The molecule has 94 valence electrons. The van der Waals surface area contributed by atoms with Gasteiger partial charge < -0.3 is 4.98 Å². The molecule has 2 nitrogen and oxygen atoms in total. The number of aromatic amines is 1. The SMILES string of the molecule is CCc1[nH]c(-c2ccc(Br)cc2C)nc(=S)c1Br. The molecule has 2 rings (SSSR count). The van der Waals surface area contributed by atoms with Crippen LogP contribution in [-0.2, 0) is 6.42 Å². The number of nitrogens with one attached hydrogen (secondary N) is 1. The Kier molecular flexibility index (Phi) is 4.35. The Hall–Kier alpha value is -0.520. The van der Waals surface area contributed by atoms with Gasteiger partial charge in [-0.15, -0.1) is 0 Å². The molecule has 1 N–H and O–H groups in total. The largest absolute Gasteiger partial charge is 0.342 e. The molecule has 0 amide bonds. The van der Waals surface area contributed by atoms with E-state index in [1.165, 1.54) is 0 Å². The predicted octanol–water partition coefficient (Wildman–Crippen LogP) is 5.20. The highest BCUT2D eigenvalue weighted by molar-refractivity contribution is 9.10. The molecule has 0 saturated heterocycles. The molecule has 1 aromatic heterocycles. The van der Waals surface area contributed by atoms with Crippen LogP contribution < -0.4 is 0 Å². The lowest BCUT2D eigenvalue weighted by Gasteiger charge is -2.09. The van der Waals surface area contributed by atoms with Gasteiger partial charge in [0.05, 0.1) is 4.47 Å². The Morgan fingerprint density at radius 1 is 1.33 bits per heavy atom. The summed E-state index contributed by atoms with van der Waals surface area (Å²) in [7, 11) is 0.